The number of benzene rings is 2. The van der Waals surface area contributed by atoms with E-state index in [1.165, 1.54) is 23.5 Å². The van der Waals surface area contributed by atoms with Crippen molar-refractivity contribution in [1.82, 2.24) is 4.98 Å². The van der Waals surface area contributed by atoms with Gasteiger partial charge in [0.15, 0.2) is 23.3 Å². The fourth-order valence-electron chi connectivity index (χ4n) is 2.20. The van der Waals surface area contributed by atoms with Crippen LogP contribution in [0.4, 0.5) is 9.52 Å². The minimum absolute atomic E-state index is 0.0188. The molecule has 0 aliphatic rings. The third-order valence-corrected chi connectivity index (χ3v) is 4.34. The van der Waals surface area contributed by atoms with Crippen LogP contribution in [0.15, 0.2) is 36.4 Å². The lowest BCUT2D eigenvalue weighted by molar-refractivity contribution is -0.118. The minimum Gasteiger partial charge on any atom is -0.495 e. The van der Waals surface area contributed by atoms with Crippen LogP contribution in [0, 0.1) is 5.82 Å². The quantitative estimate of drug-likeness (QED) is 0.727. The van der Waals surface area contributed by atoms with Gasteiger partial charge in [0.05, 0.1) is 14.2 Å². The Hall–Kier alpha value is -2.87. The molecule has 0 atom stereocenters. The maximum Gasteiger partial charge on any atom is 0.264 e. The van der Waals surface area contributed by atoms with Gasteiger partial charge >= 0.3 is 0 Å². The predicted molar refractivity (Wildman–Crippen MR) is 93.2 cm³/mol. The number of nitrogens with zero attached hydrogens (tertiary/aromatic N) is 1. The zero-order chi connectivity index (χ0) is 17.8. The van der Waals surface area contributed by atoms with E-state index in [1.54, 1.807) is 38.5 Å². The maximum atomic E-state index is 13.5. The number of carbonyl (C=O) groups is 1. The van der Waals surface area contributed by atoms with Crippen molar-refractivity contribution in [2.45, 2.75) is 0 Å². The number of ether oxygens (including phenoxy) is 3. The SMILES string of the molecule is COc1ccc(OC)c2sc(NC(=O)COc3ccccc3F)nc12. The molecule has 0 aliphatic heterocycles. The zero-order valence-electron chi connectivity index (χ0n) is 13.5. The predicted octanol–water partition coefficient (Wildman–Crippen LogP) is 3.47. The van der Waals surface area contributed by atoms with Crippen molar-refractivity contribution in [2.75, 3.05) is 26.1 Å². The Labute approximate surface area is 147 Å². The number of nitrogens with one attached hydrogen (secondary N) is 1. The molecule has 130 valence electrons. The van der Waals surface area contributed by atoms with Gasteiger partial charge in [-0.05, 0) is 24.3 Å². The standard InChI is InChI=1S/C17H15FN2O4S/c1-22-12-7-8-13(23-2)16-15(12)20-17(25-16)19-14(21)9-24-11-6-4-3-5-10(11)18/h3-8H,9H2,1-2H3,(H,19,20,21). The second kappa shape index (κ2) is 7.35. The molecule has 0 aliphatic carbocycles. The minimum atomic E-state index is -0.523. The number of rotatable bonds is 6. The van der Waals surface area contributed by atoms with E-state index in [1.807, 2.05) is 0 Å². The fraction of sp³-hybridized carbons (Fsp3) is 0.176. The van der Waals surface area contributed by atoms with Crippen LogP contribution in [0.5, 0.6) is 17.2 Å². The molecule has 0 fully saturated rings. The Kier molecular flexibility index (Phi) is 4.99. The van der Waals surface area contributed by atoms with Gasteiger partial charge in [0.1, 0.15) is 21.7 Å². The molecule has 3 rings (SSSR count). The first kappa shape index (κ1) is 17.0. The average Bonchev–Trinajstić information content (AvgIpc) is 3.03. The van der Waals surface area contributed by atoms with Crippen molar-refractivity contribution >= 4 is 32.6 Å². The number of hydrogen-bond donors (Lipinski definition) is 1. The molecule has 1 N–H and O–H groups in total. The summed E-state index contributed by atoms with van der Waals surface area (Å²) >= 11 is 1.25. The number of carbonyl (C=O) groups excluding carboxylic acids is 1. The number of hydrogen-bond acceptors (Lipinski definition) is 6. The van der Waals surface area contributed by atoms with Crippen molar-refractivity contribution in [3.63, 3.8) is 0 Å². The van der Waals surface area contributed by atoms with Crippen molar-refractivity contribution in [1.29, 1.82) is 0 Å². The van der Waals surface area contributed by atoms with E-state index >= 15 is 0 Å². The number of para-hydroxylation sites is 1. The third kappa shape index (κ3) is 3.63. The molecule has 3 aromatic rings. The molecular formula is C17H15FN2O4S. The summed E-state index contributed by atoms with van der Waals surface area (Å²) in [6, 6.07) is 9.40. The summed E-state index contributed by atoms with van der Waals surface area (Å²) in [4.78, 5) is 16.4. The van der Waals surface area contributed by atoms with E-state index in [2.05, 4.69) is 10.3 Å². The van der Waals surface area contributed by atoms with Crippen LogP contribution in [0.3, 0.4) is 0 Å². The number of methoxy groups -OCH3 is 2. The highest BCUT2D eigenvalue weighted by Gasteiger charge is 2.15. The molecule has 25 heavy (non-hydrogen) atoms. The molecule has 2 aromatic carbocycles. The van der Waals surface area contributed by atoms with Gasteiger partial charge < -0.3 is 14.2 Å². The summed E-state index contributed by atoms with van der Waals surface area (Å²) in [5.74, 6) is 0.266. The smallest absolute Gasteiger partial charge is 0.264 e. The molecule has 1 amide bonds. The summed E-state index contributed by atoms with van der Waals surface area (Å²) in [5, 5.41) is 3.01. The summed E-state index contributed by atoms with van der Waals surface area (Å²) < 4.78 is 30.0. The highest BCUT2D eigenvalue weighted by atomic mass is 32.1. The van der Waals surface area contributed by atoms with Gasteiger partial charge in [-0.1, -0.05) is 23.5 Å². The molecule has 8 heteroatoms. The second-order valence-corrected chi connectivity index (χ2v) is 5.93. The lowest BCUT2D eigenvalue weighted by atomic mass is 10.3. The van der Waals surface area contributed by atoms with Gasteiger partial charge in [-0.25, -0.2) is 9.37 Å². The van der Waals surface area contributed by atoms with Gasteiger partial charge in [0.2, 0.25) is 0 Å². The number of halogens is 1. The lowest BCUT2D eigenvalue weighted by Crippen LogP contribution is -2.20. The lowest BCUT2D eigenvalue weighted by Gasteiger charge is -2.06. The summed E-state index contributed by atoms with van der Waals surface area (Å²) in [7, 11) is 3.10. The van der Waals surface area contributed by atoms with Crippen molar-refractivity contribution in [3.8, 4) is 17.2 Å². The van der Waals surface area contributed by atoms with E-state index in [0.717, 1.165) is 4.70 Å². The first-order valence-corrected chi connectivity index (χ1v) is 8.12. The average molecular weight is 362 g/mol. The van der Waals surface area contributed by atoms with Crippen molar-refractivity contribution < 1.29 is 23.4 Å². The number of anilines is 1. The van der Waals surface area contributed by atoms with E-state index < -0.39 is 11.7 Å². The monoisotopic (exact) mass is 362 g/mol. The van der Waals surface area contributed by atoms with Gasteiger partial charge in [0.25, 0.3) is 5.91 Å². The zero-order valence-corrected chi connectivity index (χ0v) is 14.4. The molecule has 0 saturated carbocycles. The van der Waals surface area contributed by atoms with Crippen LogP contribution in [0.1, 0.15) is 0 Å². The van der Waals surface area contributed by atoms with Crippen LogP contribution in [-0.4, -0.2) is 31.7 Å². The van der Waals surface area contributed by atoms with Gasteiger partial charge in [-0.15, -0.1) is 0 Å². The van der Waals surface area contributed by atoms with Gasteiger partial charge in [-0.2, -0.15) is 0 Å². The van der Waals surface area contributed by atoms with E-state index in [9.17, 15) is 9.18 Å². The molecule has 1 aromatic heterocycles. The van der Waals surface area contributed by atoms with E-state index in [-0.39, 0.29) is 12.4 Å². The Balaban J connectivity index is 1.74. The molecule has 0 radical (unpaired) electrons. The molecular weight excluding hydrogens is 347 g/mol. The van der Waals surface area contributed by atoms with Gasteiger partial charge in [-0.3, -0.25) is 10.1 Å². The molecule has 6 nitrogen and oxygen atoms in total. The van der Waals surface area contributed by atoms with E-state index in [4.69, 9.17) is 14.2 Å². The van der Waals surface area contributed by atoms with Crippen molar-refractivity contribution in [2.24, 2.45) is 0 Å². The topological polar surface area (TPSA) is 69.7 Å². The first-order valence-electron chi connectivity index (χ1n) is 7.31. The van der Waals surface area contributed by atoms with Crippen LogP contribution >= 0.6 is 11.3 Å². The summed E-state index contributed by atoms with van der Waals surface area (Å²) in [5.41, 5.74) is 0.595. The second-order valence-electron chi connectivity index (χ2n) is 4.93. The Morgan fingerprint density at radius 1 is 1.12 bits per heavy atom. The molecule has 0 spiro atoms. The van der Waals surface area contributed by atoms with Gasteiger partial charge in [0, 0.05) is 0 Å². The Morgan fingerprint density at radius 2 is 1.84 bits per heavy atom. The van der Waals surface area contributed by atoms with Crippen LogP contribution in [-0.2, 0) is 4.79 Å². The molecule has 1 heterocycles. The highest BCUT2D eigenvalue weighted by molar-refractivity contribution is 7.22. The number of amides is 1. The number of aromatic nitrogens is 1. The third-order valence-electron chi connectivity index (χ3n) is 3.35. The molecule has 0 bridgehead atoms. The first-order chi connectivity index (χ1) is 12.1. The number of thiazole rings is 1. The molecule has 0 unspecified atom stereocenters. The van der Waals surface area contributed by atoms with Crippen LogP contribution < -0.4 is 19.5 Å². The maximum absolute atomic E-state index is 13.5. The molecule has 0 saturated heterocycles. The summed E-state index contributed by atoms with van der Waals surface area (Å²) in [6.07, 6.45) is 0. The Bertz CT molecular complexity index is 872. The highest BCUT2D eigenvalue weighted by Crippen LogP contribution is 2.38. The largest absolute Gasteiger partial charge is 0.495 e. The summed E-state index contributed by atoms with van der Waals surface area (Å²) in [6.45, 7) is -0.328. The normalized spacial score (nSPS) is 10.5. The fourth-order valence-corrected chi connectivity index (χ4v) is 3.19. The van der Waals surface area contributed by atoms with Crippen LogP contribution in [0.25, 0.3) is 10.2 Å². The Morgan fingerprint density at radius 3 is 2.56 bits per heavy atom. The number of fused-ring (bicyclic) bond motifs is 1. The van der Waals surface area contributed by atoms with Crippen molar-refractivity contribution in [3.05, 3.63) is 42.2 Å². The van der Waals surface area contributed by atoms with E-state index in [0.29, 0.717) is 22.1 Å². The van der Waals surface area contributed by atoms with Crippen LogP contribution in [0.2, 0.25) is 0 Å².